The van der Waals surface area contributed by atoms with Gasteiger partial charge in [0.05, 0.1) is 12.6 Å². The van der Waals surface area contributed by atoms with Gasteiger partial charge in [0.15, 0.2) is 11.5 Å². The van der Waals surface area contributed by atoms with E-state index in [1.54, 1.807) is 41.2 Å². The lowest BCUT2D eigenvalue weighted by molar-refractivity contribution is -0.114. The lowest BCUT2D eigenvalue weighted by atomic mass is 9.91. The summed E-state index contributed by atoms with van der Waals surface area (Å²) in [5.41, 5.74) is 1.67. The second-order valence-electron chi connectivity index (χ2n) is 9.51. The largest absolute Gasteiger partial charge is 0.457 e. The van der Waals surface area contributed by atoms with E-state index in [2.05, 4.69) is 57.2 Å². The highest BCUT2D eigenvalue weighted by Gasteiger charge is 2.28. The van der Waals surface area contributed by atoms with E-state index < -0.39 is 0 Å². The van der Waals surface area contributed by atoms with Crippen LogP contribution in [0, 0.1) is 0 Å². The Hall–Kier alpha value is -3.99. The second kappa shape index (κ2) is 8.99. The molecule has 182 valence electrons. The van der Waals surface area contributed by atoms with E-state index in [4.69, 9.17) is 14.6 Å². The van der Waals surface area contributed by atoms with Crippen LogP contribution in [0.15, 0.2) is 42.7 Å². The Kier molecular flexibility index (Phi) is 5.85. The maximum absolute atomic E-state index is 11.3. The summed E-state index contributed by atoms with van der Waals surface area (Å²) in [6.07, 6.45) is 4.29. The lowest BCUT2D eigenvalue weighted by Gasteiger charge is -2.22. The Labute approximate surface area is 202 Å². The molecule has 11 nitrogen and oxygen atoms in total. The van der Waals surface area contributed by atoms with Crippen molar-refractivity contribution in [3.8, 4) is 11.5 Å². The van der Waals surface area contributed by atoms with Crippen LogP contribution >= 0.6 is 0 Å². The molecule has 0 radical (unpaired) electrons. The predicted octanol–water partition coefficient (Wildman–Crippen LogP) is 4.07. The van der Waals surface area contributed by atoms with Gasteiger partial charge >= 0.3 is 0 Å². The van der Waals surface area contributed by atoms with Gasteiger partial charge in [-0.15, -0.1) is 5.10 Å². The van der Waals surface area contributed by atoms with Gasteiger partial charge in [0.2, 0.25) is 11.9 Å². The van der Waals surface area contributed by atoms with E-state index >= 15 is 0 Å². The van der Waals surface area contributed by atoms with Crippen LogP contribution in [0.4, 0.5) is 17.6 Å². The first kappa shape index (κ1) is 22.8. The minimum absolute atomic E-state index is 0.0686. The number of carbonyl (C=O) groups is 1. The molecule has 1 saturated heterocycles. The predicted molar refractivity (Wildman–Crippen MR) is 130 cm³/mol. The van der Waals surface area contributed by atoms with E-state index in [0.29, 0.717) is 41.3 Å². The molecule has 0 aliphatic carbocycles. The summed E-state index contributed by atoms with van der Waals surface area (Å²) >= 11 is 0. The minimum atomic E-state index is -0.199. The van der Waals surface area contributed by atoms with Gasteiger partial charge in [-0.25, -0.2) is 9.50 Å². The second-order valence-corrected chi connectivity index (χ2v) is 9.51. The fourth-order valence-corrected chi connectivity index (χ4v) is 3.96. The Balaban J connectivity index is 1.36. The normalized spacial score (nSPS) is 15.9. The first-order valence-electron chi connectivity index (χ1n) is 11.5. The van der Waals surface area contributed by atoms with E-state index in [1.807, 2.05) is 0 Å². The Morgan fingerprint density at radius 1 is 1.14 bits per heavy atom. The SMILES string of the molecule is CC(=O)Nc1cc(Oc2ccn3nc(Nc4cc(C(C)(C)C)n(C5CCOC5)n4)nc3c2)ccn1. The van der Waals surface area contributed by atoms with Crippen LogP contribution in [0.25, 0.3) is 5.65 Å². The fraction of sp³-hybridized carbons (Fsp3) is 0.375. The Bertz CT molecular complexity index is 1360. The number of carbonyl (C=O) groups excluding carboxylic acids is 1. The van der Waals surface area contributed by atoms with Crippen molar-refractivity contribution < 1.29 is 14.3 Å². The van der Waals surface area contributed by atoms with Crippen molar-refractivity contribution in [1.29, 1.82) is 0 Å². The summed E-state index contributed by atoms with van der Waals surface area (Å²) in [5, 5.41) is 15.2. The van der Waals surface area contributed by atoms with Gasteiger partial charge in [0.25, 0.3) is 0 Å². The van der Waals surface area contributed by atoms with Crippen LogP contribution in [0.3, 0.4) is 0 Å². The van der Waals surface area contributed by atoms with E-state index in [9.17, 15) is 4.79 Å². The number of anilines is 3. The van der Waals surface area contributed by atoms with E-state index in [1.165, 1.54) is 6.92 Å². The highest BCUT2D eigenvalue weighted by Crippen LogP contribution is 2.31. The molecule has 1 aliphatic rings. The molecule has 5 heterocycles. The molecule has 5 rings (SSSR count). The van der Waals surface area contributed by atoms with Gasteiger partial charge in [0, 0.05) is 55.2 Å². The number of amides is 1. The number of nitrogens with zero attached hydrogens (tertiary/aromatic N) is 6. The molecule has 1 atom stereocenters. The molecule has 4 aromatic rings. The van der Waals surface area contributed by atoms with Crippen molar-refractivity contribution in [2.45, 2.75) is 45.6 Å². The molecule has 1 aliphatic heterocycles. The highest BCUT2D eigenvalue weighted by molar-refractivity contribution is 5.87. The Morgan fingerprint density at radius 2 is 1.97 bits per heavy atom. The van der Waals surface area contributed by atoms with E-state index in [0.717, 1.165) is 18.7 Å². The van der Waals surface area contributed by atoms with Crippen molar-refractivity contribution in [1.82, 2.24) is 29.4 Å². The monoisotopic (exact) mass is 476 g/mol. The smallest absolute Gasteiger partial charge is 0.248 e. The third-order valence-electron chi connectivity index (χ3n) is 5.58. The highest BCUT2D eigenvalue weighted by atomic mass is 16.5. The summed E-state index contributed by atoms with van der Waals surface area (Å²) in [7, 11) is 0. The summed E-state index contributed by atoms with van der Waals surface area (Å²) in [6.45, 7) is 9.37. The third kappa shape index (κ3) is 5.09. The Morgan fingerprint density at radius 3 is 2.71 bits per heavy atom. The van der Waals surface area contributed by atoms with Crippen LogP contribution in [0.1, 0.15) is 45.9 Å². The number of aromatic nitrogens is 6. The lowest BCUT2D eigenvalue weighted by Crippen LogP contribution is -2.22. The molecular formula is C24H28N8O3. The van der Waals surface area contributed by atoms with Gasteiger partial charge in [-0.2, -0.15) is 10.1 Å². The first-order valence-corrected chi connectivity index (χ1v) is 11.5. The maximum Gasteiger partial charge on any atom is 0.248 e. The van der Waals surface area contributed by atoms with Gasteiger partial charge < -0.3 is 20.1 Å². The summed E-state index contributed by atoms with van der Waals surface area (Å²) < 4.78 is 15.2. The zero-order valence-corrected chi connectivity index (χ0v) is 20.1. The van der Waals surface area contributed by atoms with Crippen LogP contribution in [-0.2, 0) is 14.9 Å². The number of hydrogen-bond acceptors (Lipinski definition) is 8. The van der Waals surface area contributed by atoms with Crippen LogP contribution < -0.4 is 15.4 Å². The number of nitrogens with one attached hydrogen (secondary N) is 2. The molecule has 1 amide bonds. The van der Waals surface area contributed by atoms with Crippen molar-refractivity contribution in [2.24, 2.45) is 0 Å². The van der Waals surface area contributed by atoms with Gasteiger partial charge in [0.1, 0.15) is 17.3 Å². The molecule has 0 saturated carbocycles. The van der Waals surface area contributed by atoms with Crippen LogP contribution in [-0.4, -0.2) is 48.5 Å². The molecule has 4 aromatic heterocycles. The summed E-state index contributed by atoms with van der Waals surface area (Å²) in [5.74, 6) is 2.47. The molecule has 11 heteroatoms. The summed E-state index contributed by atoms with van der Waals surface area (Å²) in [6, 6.07) is 9.22. The van der Waals surface area contributed by atoms with Crippen LogP contribution in [0.2, 0.25) is 0 Å². The zero-order chi connectivity index (χ0) is 24.6. The van der Waals surface area contributed by atoms with Crippen LogP contribution in [0.5, 0.6) is 11.5 Å². The molecular weight excluding hydrogens is 448 g/mol. The number of fused-ring (bicyclic) bond motifs is 1. The summed E-state index contributed by atoms with van der Waals surface area (Å²) in [4.78, 5) is 20.0. The topological polar surface area (TPSA) is 120 Å². The average molecular weight is 477 g/mol. The molecule has 0 spiro atoms. The number of pyridine rings is 2. The zero-order valence-electron chi connectivity index (χ0n) is 20.1. The number of ether oxygens (including phenoxy) is 2. The molecule has 0 aromatic carbocycles. The van der Waals surface area contributed by atoms with Crippen molar-refractivity contribution in [2.75, 3.05) is 23.8 Å². The third-order valence-corrected chi connectivity index (χ3v) is 5.58. The molecule has 1 unspecified atom stereocenters. The fourth-order valence-electron chi connectivity index (χ4n) is 3.96. The van der Waals surface area contributed by atoms with Gasteiger partial charge in [-0.3, -0.25) is 9.48 Å². The average Bonchev–Trinajstić information content (AvgIpc) is 3.52. The number of hydrogen-bond donors (Lipinski definition) is 2. The molecule has 35 heavy (non-hydrogen) atoms. The van der Waals surface area contributed by atoms with Gasteiger partial charge in [-0.05, 0) is 18.6 Å². The maximum atomic E-state index is 11.3. The van der Waals surface area contributed by atoms with Crippen molar-refractivity contribution in [3.05, 3.63) is 48.4 Å². The number of rotatable bonds is 6. The van der Waals surface area contributed by atoms with E-state index in [-0.39, 0.29) is 17.4 Å². The quantitative estimate of drug-likeness (QED) is 0.427. The molecule has 0 bridgehead atoms. The van der Waals surface area contributed by atoms with Gasteiger partial charge in [-0.1, -0.05) is 20.8 Å². The van der Waals surface area contributed by atoms with Crippen molar-refractivity contribution in [3.63, 3.8) is 0 Å². The first-order chi connectivity index (χ1) is 16.7. The van der Waals surface area contributed by atoms with Crippen molar-refractivity contribution >= 4 is 29.1 Å². The minimum Gasteiger partial charge on any atom is -0.457 e. The standard InChI is InChI=1S/C24H28N8O3/c1-15(33)26-20-11-17(5-8-25-20)35-18-6-9-31-22(12-18)28-23(30-31)27-21-13-19(24(2,3)4)32(29-21)16-7-10-34-14-16/h5-6,8-9,11-13,16H,7,10,14H2,1-4H3,(H,25,26,33)(H,27,29,30). The molecule has 1 fully saturated rings. The molecule has 2 N–H and O–H groups in total.